The highest BCUT2D eigenvalue weighted by molar-refractivity contribution is 7.71. The van der Waals surface area contributed by atoms with Crippen molar-refractivity contribution in [3.63, 3.8) is 0 Å². The van der Waals surface area contributed by atoms with E-state index in [1.807, 2.05) is 0 Å². The second-order valence-corrected chi connectivity index (χ2v) is 3.68. The lowest BCUT2D eigenvalue weighted by Crippen LogP contribution is -1.91. The lowest BCUT2D eigenvalue weighted by Gasteiger charge is -1.96. The van der Waals surface area contributed by atoms with Gasteiger partial charge in [-0.15, -0.1) is 0 Å². The van der Waals surface area contributed by atoms with Crippen molar-refractivity contribution in [3.05, 3.63) is 27.6 Å². The quantitative estimate of drug-likeness (QED) is 0.600. The Labute approximate surface area is 89.7 Å². The van der Waals surface area contributed by atoms with Crippen LogP contribution in [0.3, 0.4) is 0 Å². The van der Waals surface area contributed by atoms with Gasteiger partial charge in [-0.2, -0.15) is 0 Å². The van der Waals surface area contributed by atoms with E-state index in [0.29, 0.717) is 21.7 Å². The third-order valence-electron chi connectivity index (χ3n) is 1.88. The van der Waals surface area contributed by atoms with E-state index in [1.165, 1.54) is 6.92 Å². The summed E-state index contributed by atoms with van der Waals surface area (Å²) in [5.74, 6) is -0.0469. The van der Waals surface area contributed by atoms with E-state index in [0.717, 1.165) is 0 Å². The summed E-state index contributed by atoms with van der Waals surface area (Å²) in [7, 11) is 0. The zero-order chi connectivity index (χ0) is 10.3. The fourth-order valence-electron chi connectivity index (χ4n) is 1.22. The number of carbonyl (C=O) groups excluding carboxylic acids is 1. The van der Waals surface area contributed by atoms with Crippen molar-refractivity contribution < 1.29 is 9.21 Å². The van der Waals surface area contributed by atoms with Crippen molar-refractivity contribution in [2.75, 3.05) is 0 Å². The first kappa shape index (κ1) is 9.43. The van der Waals surface area contributed by atoms with Gasteiger partial charge in [0.1, 0.15) is 0 Å². The number of carbonyl (C=O) groups is 1. The number of ketones is 1. The largest absolute Gasteiger partial charge is 0.428 e. The van der Waals surface area contributed by atoms with Crippen LogP contribution >= 0.6 is 23.8 Å². The smallest absolute Gasteiger partial charge is 0.266 e. The highest BCUT2D eigenvalue weighted by Crippen LogP contribution is 2.25. The van der Waals surface area contributed by atoms with Crippen LogP contribution in [-0.4, -0.2) is 10.8 Å². The molecule has 2 aromatic rings. The summed E-state index contributed by atoms with van der Waals surface area (Å²) >= 11 is 10.7. The normalized spacial score (nSPS) is 10.7. The van der Waals surface area contributed by atoms with Gasteiger partial charge in [0.05, 0.1) is 10.5 Å². The Hall–Kier alpha value is -1.13. The van der Waals surface area contributed by atoms with Crippen LogP contribution in [0.5, 0.6) is 0 Å². The van der Waals surface area contributed by atoms with Gasteiger partial charge in [0.15, 0.2) is 11.4 Å². The number of aromatic amines is 1. The molecule has 1 aromatic heterocycles. The molecule has 0 saturated carbocycles. The second kappa shape index (κ2) is 3.22. The van der Waals surface area contributed by atoms with Crippen molar-refractivity contribution in [2.45, 2.75) is 6.92 Å². The standard InChI is InChI=1S/C9H6ClNO2S/c1-4(12)5-2-6(10)8-7(3-5)11-9(14)13-8/h2-3H,1H3,(H,11,14). The van der Waals surface area contributed by atoms with Gasteiger partial charge >= 0.3 is 0 Å². The lowest BCUT2D eigenvalue weighted by molar-refractivity contribution is 0.101. The number of hydrogen-bond acceptors (Lipinski definition) is 3. The molecule has 2 rings (SSSR count). The Kier molecular flexibility index (Phi) is 2.17. The van der Waals surface area contributed by atoms with Crippen LogP contribution in [0, 0.1) is 4.84 Å². The van der Waals surface area contributed by atoms with Crippen LogP contribution in [0.25, 0.3) is 11.1 Å². The fourth-order valence-corrected chi connectivity index (χ4v) is 1.67. The molecule has 0 saturated heterocycles. The van der Waals surface area contributed by atoms with Crippen molar-refractivity contribution >= 4 is 40.7 Å². The molecule has 14 heavy (non-hydrogen) atoms. The molecule has 0 amide bonds. The highest BCUT2D eigenvalue weighted by Gasteiger charge is 2.08. The van der Waals surface area contributed by atoms with Gasteiger partial charge in [0.2, 0.25) is 0 Å². The molecule has 0 bridgehead atoms. The third kappa shape index (κ3) is 1.47. The average Bonchev–Trinajstić information content (AvgIpc) is 2.45. The third-order valence-corrected chi connectivity index (χ3v) is 2.35. The maximum atomic E-state index is 11.1. The van der Waals surface area contributed by atoms with E-state index in [1.54, 1.807) is 12.1 Å². The van der Waals surface area contributed by atoms with E-state index in [-0.39, 0.29) is 10.6 Å². The summed E-state index contributed by atoms with van der Waals surface area (Å²) in [6, 6.07) is 3.24. The Balaban J connectivity index is 2.84. The molecule has 0 aliphatic rings. The lowest BCUT2D eigenvalue weighted by atomic mass is 10.1. The van der Waals surface area contributed by atoms with Crippen molar-refractivity contribution in [1.29, 1.82) is 0 Å². The first-order chi connectivity index (χ1) is 6.58. The zero-order valence-electron chi connectivity index (χ0n) is 7.26. The molecule has 0 radical (unpaired) electrons. The number of H-pyrrole nitrogens is 1. The van der Waals surface area contributed by atoms with E-state index in [9.17, 15) is 4.79 Å². The molecule has 0 aliphatic carbocycles. The number of benzene rings is 1. The van der Waals surface area contributed by atoms with Crippen LogP contribution in [0.4, 0.5) is 0 Å². The Morgan fingerprint density at radius 3 is 2.93 bits per heavy atom. The molecule has 0 aliphatic heterocycles. The number of aromatic nitrogens is 1. The van der Waals surface area contributed by atoms with Crippen LogP contribution < -0.4 is 0 Å². The molecule has 1 aromatic carbocycles. The predicted octanol–water partition coefficient (Wildman–Crippen LogP) is 3.35. The van der Waals surface area contributed by atoms with Gasteiger partial charge in [0.25, 0.3) is 4.84 Å². The molecule has 0 unspecified atom stereocenters. The molecule has 0 spiro atoms. The second-order valence-electron chi connectivity index (χ2n) is 2.91. The summed E-state index contributed by atoms with van der Waals surface area (Å²) < 4.78 is 5.15. The van der Waals surface area contributed by atoms with E-state index in [2.05, 4.69) is 4.98 Å². The average molecular weight is 228 g/mol. The van der Waals surface area contributed by atoms with Crippen LogP contribution in [0.1, 0.15) is 17.3 Å². The number of hydrogen-bond donors (Lipinski definition) is 1. The number of oxazole rings is 1. The molecular weight excluding hydrogens is 222 g/mol. The molecular formula is C9H6ClNO2S. The number of nitrogens with one attached hydrogen (secondary N) is 1. The number of Topliss-reactive ketones (excluding diaryl/α,β-unsaturated/α-hetero) is 1. The summed E-state index contributed by atoms with van der Waals surface area (Å²) in [6.07, 6.45) is 0. The van der Waals surface area contributed by atoms with Crippen molar-refractivity contribution in [2.24, 2.45) is 0 Å². The minimum Gasteiger partial charge on any atom is -0.428 e. The monoisotopic (exact) mass is 227 g/mol. The van der Waals surface area contributed by atoms with Gasteiger partial charge in [0, 0.05) is 5.56 Å². The van der Waals surface area contributed by atoms with Crippen LogP contribution in [-0.2, 0) is 0 Å². The molecule has 72 valence electrons. The van der Waals surface area contributed by atoms with Crippen molar-refractivity contribution in [1.82, 2.24) is 4.98 Å². The van der Waals surface area contributed by atoms with Gasteiger partial charge in [-0.1, -0.05) is 11.6 Å². The van der Waals surface area contributed by atoms with Gasteiger partial charge in [-0.3, -0.25) is 4.79 Å². The first-order valence-corrected chi connectivity index (χ1v) is 4.70. The van der Waals surface area contributed by atoms with E-state index < -0.39 is 0 Å². The molecule has 0 atom stereocenters. The summed E-state index contributed by atoms with van der Waals surface area (Å²) in [6.45, 7) is 1.48. The van der Waals surface area contributed by atoms with Crippen molar-refractivity contribution in [3.8, 4) is 0 Å². The molecule has 3 nitrogen and oxygen atoms in total. The Morgan fingerprint density at radius 2 is 2.29 bits per heavy atom. The zero-order valence-corrected chi connectivity index (χ0v) is 8.83. The molecule has 1 N–H and O–H groups in total. The Morgan fingerprint density at radius 1 is 1.57 bits per heavy atom. The molecule has 1 heterocycles. The van der Waals surface area contributed by atoms with Gasteiger partial charge < -0.3 is 9.40 Å². The Bertz CT molecular complexity index is 570. The van der Waals surface area contributed by atoms with Gasteiger partial charge in [-0.25, -0.2) is 0 Å². The molecule has 0 fully saturated rings. The maximum absolute atomic E-state index is 11.1. The SMILES string of the molecule is CC(=O)c1cc(Cl)c2oc(=S)[nH]c2c1. The summed E-state index contributed by atoms with van der Waals surface area (Å²) in [5, 5.41) is 0.389. The highest BCUT2D eigenvalue weighted by atomic mass is 35.5. The van der Waals surface area contributed by atoms with Gasteiger partial charge in [-0.05, 0) is 31.3 Å². The number of rotatable bonds is 1. The maximum Gasteiger partial charge on any atom is 0.266 e. The first-order valence-electron chi connectivity index (χ1n) is 3.91. The van der Waals surface area contributed by atoms with Crippen LogP contribution in [0.2, 0.25) is 5.02 Å². The molecule has 5 heteroatoms. The number of fused-ring (bicyclic) bond motifs is 1. The minimum absolute atomic E-state index is 0.0469. The number of halogens is 1. The predicted molar refractivity (Wildman–Crippen MR) is 56.4 cm³/mol. The summed E-state index contributed by atoms with van der Waals surface area (Å²) in [5.41, 5.74) is 1.67. The summed E-state index contributed by atoms with van der Waals surface area (Å²) in [4.78, 5) is 14.2. The van der Waals surface area contributed by atoms with Crippen LogP contribution in [0.15, 0.2) is 16.5 Å². The topological polar surface area (TPSA) is 46.0 Å². The van der Waals surface area contributed by atoms with E-state index >= 15 is 0 Å². The van der Waals surface area contributed by atoms with E-state index in [4.69, 9.17) is 28.2 Å². The fraction of sp³-hybridized carbons (Fsp3) is 0.111. The minimum atomic E-state index is -0.0469.